The van der Waals surface area contributed by atoms with E-state index in [1.165, 1.54) is 0 Å². The van der Waals surface area contributed by atoms with Crippen molar-refractivity contribution < 1.29 is 14.3 Å². The quantitative estimate of drug-likeness (QED) is 0.766. The molecule has 2 aliphatic heterocycles. The van der Waals surface area contributed by atoms with Gasteiger partial charge in [0.1, 0.15) is 5.69 Å². The number of aromatic nitrogens is 1. The number of rotatable bonds is 7. The number of ether oxygens (including phenoxy) is 2. The summed E-state index contributed by atoms with van der Waals surface area (Å²) in [6.45, 7) is 6.51. The highest BCUT2D eigenvalue weighted by Crippen LogP contribution is 2.13. The van der Waals surface area contributed by atoms with Gasteiger partial charge in [-0.05, 0) is 25.0 Å². The molecule has 2 N–H and O–H groups in total. The lowest BCUT2D eigenvalue weighted by Gasteiger charge is -2.26. The Kier molecular flexibility index (Phi) is 6.40. The van der Waals surface area contributed by atoms with E-state index in [4.69, 9.17) is 9.47 Å². The van der Waals surface area contributed by atoms with Gasteiger partial charge in [0.2, 0.25) is 0 Å². The molecule has 2 saturated heterocycles. The van der Waals surface area contributed by atoms with Crippen LogP contribution in [0.25, 0.3) is 0 Å². The van der Waals surface area contributed by atoms with Gasteiger partial charge in [-0.1, -0.05) is 0 Å². The molecular weight excluding hydrogens is 308 g/mol. The number of amides is 1. The van der Waals surface area contributed by atoms with Gasteiger partial charge in [-0.3, -0.25) is 9.69 Å². The van der Waals surface area contributed by atoms with Crippen molar-refractivity contribution in [2.45, 2.75) is 18.9 Å². The Morgan fingerprint density at radius 1 is 1.29 bits per heavy atom. The molecule has 1 unspecified atom stereocenters. The number of carbonyl (C=O) groups excluding carboxylic acids is 1. The molecule has 24 heavy (non-hydrogen) atoms. The number of hydrogen-bond donors (Lipinski definition) is 2. The zero-order chi connectivity index (χ0) is 16.6. The first-order chi connectivity index (χ1) is 11.8. The van der Waals surface area contributed by atoms with Crippen LogP contribution in [-0.2, 0) is 9.47 Å². The fourth-order valence-corrected chi connectivity index (χ4v) is 2.91. The Morgan fingerprint density at radius 3 is 2.88 bits per heavy atom. The second kappa shape index (κ2) is 8.96. The maximum absolute atomic E-state index is 12.1. The van der Waals surface area contributed by atoms with Crippen LogP contribution in [-0.4, -0.2) is 74.4 Å². The van der Waals surface area contributed by atoms with E-state index in [2.05, 4.69) is 20.5 Å². The molecule has 1 aromatic heterocycles. The Labute approximate surface area is 142 Å². The number of nitrogens with zero attached hydrogens (tertiary/aromatic N) is 2. The van der Waals surface area contributed by atoms with E-state index >= 15 is 0 Å². The summed E-state index contributed by atoms with van der Waals surface area (Å²) in [5.41, 5.74) is 1.36. The summed E-state index contributed by atoms with van der Waals surface area (Å²) in [7, 11) is 0. The van der Waals surface area contributed by atoms with E-state index < -0.39 is 0 Å². The zero-order valence-corrected chi connectivity index (χ0v) is 14.0. The lowest BCUT2D eigenvalue weighted by Crippen LogP contribution is -2.41. The molecule has 7 nitrogen and oxygen atoms in total. The van der Waals surface area contributed by atoms with Crippen molar-refractivity contribution in [3.63, 3.8) is 0 Å². The van der Waals surface area contributed by atoms with Gasteiger partial charge in [0.25, 0.3) is 5.91 Å². The van der Waals surface area contributed by atoms with Gasteiger partial charge in [-0.25, -0.2) is 4.98 Å². The van der Waals surface area contributed by atoms with Gasteiger partial charge in [-0.2, -0.15) is 0 Å². The maximum atomic E-state index is 12.1. The normalized spacial score (nSPS) is 21.6. The van der Waals surface area contributed by atoms with Crippen LogP contribution in [0, 0.1) is 0 Å². The van der Waals surface area contributed by atoms with Crippen LogP contribution >= 0.6 is 0 Å². The van der Waals surface area contributed by atoms with Gasteiger partial charge in [0.05, 0.1) is 31.2 Å². The molecule has 1 aromatic rings. The molecule has 132 valence electrons. The van der Waals surface area contributed by atoms with Crippen molar-refractivity contribution in [2.24, 2.45) is 0 Å². The first kappa shape index (κ1) is 17.1. The van der Waals surface area contributed by atoms with Crippen molar-refractivity contribution >= 4 is 11.6 Å². The molecule has 1 atom stereocenters. The predicted molar refractivity (Wildman–Crippen MR) is 91.3 cm³/mol. The average molecular weight is 334 g/mol. The van der Waals surface area contributed by atoms with Gasteiger partial charge < -0.3 is 20.1 Å². The summed E-state index contributed by atoms with van der Waals surface area (Å²) in [6, 6.07) is 3.64. The Balaban J connectivity index is 1.38. The van der Waals surface area contributed by atoms with Crippen LogP contribution in [0.15, 0.2) is 18.3 Å². The summed E-state index contributed by atoms with van der Waals surface area (Å²) < 4.78 is 10.9. The van der Waals surface area contributed by atoms with Crippen LogP contribution < -0.4 is 10.6 Å². The molecule has 2 fully saturated rings. The van der Waals surface area contributed by atoms with Crippen LogP contribution in [0.1, 0.15) is 23.3 Å². The SMILES string of the molecule is O=C(NCCN1CCOCC1)c1ccc(NCC2CCCO2)cn1. The third-order valence-corrected chi connectivity index (χ3v) is 4.37. The highest BCUT2D eigenvalue weighted by atomic mass is 16.5. The fourth-order valence-electron chi connectivity index (χ4n) is 2.91. The summed E-state index contributed by atoms with van der Waals surface area (Å²) in [5.74, 6) is -0.131. The Bertz CT molecular complexity index is 511. The smallest absolute Gasteiger partial charge is 0.269 e. The molecule has 2 aliphatic rings. The highest BCUT2D eigenvalue weighted by Gasteiger charge is 2.15. The molecule has 7 heteroatoms. The molecule has 0 spiro atoms. The summed E-state index contributed by atoms with van der Waals surface area (Å²) >= 11 is 0. The minimum Gasteiger partial charge on any atom is -0.381 e. The van der Waals surface area contributed by atoms with E-state index in [1.807, 2.05) is 6.07 Å². The third kappa shape index (κ3) is 5.15. The number of anilines is 1. The monoisotopic (exact) mass is 334 g/mol. The van der Waals surface area contributed by atoms with Gasteiger partial charge in [0.15, 0.2) is 0 Å². The van der Waals surface area contributed by atoms with Gasteiger partial charge in [-0.15, -0.1) is 0 Å². The van der Waals surface area contributed by atoms with E-state index in [1.54, 1.807) is 12.3 Å². The Hall–Kier alpha value is -1.70. The average Bonchev–Trinajstić information content (AvgIpc) is 3.15. The number of nitrogens with one attached hydrogen (secondary N) is 2. The zero-order valence-electron chi connectivity index (χ0n) is 14.0. The Morgan fingerprint density at radius 2 is 2.17 bits per heavy atom. The van der Waals surface area contributed by atoms with E-state index in [9.17, 15) is 4.79 Å². The molecule has 0 bridgehead atoms. The number of hydrogen-bond acceptors (Lipinski definition) is 6. The summed E-state index contributed by atoms with van der Waals surface area (Å²) in [6.07, 6.45) is 4.22. The predicted octanol–water partition coefficient (Wildman–Crippen LogP) is 0.735. The molecule has 1 amide bonds. The lowest BCUT2D eigenvalue weighted by atomic mass is 10.2. The van der Waals surface area contributed by atoms with E-state index in [-0.39, 0.29) is 12.0 Å². The number of morpholine rings is 1. The van der Waals surface area contributed by atoms with Crippen molar-refractivity contribution in [3.8, 4) is 0 Å². The van der Waals surface area contributed by atoms with Crippen LogP contribution in [0.5, 0.6) is 0 Å². The third-order valence-electron chi connectivity index (χ3n) is 4.37. The summed E-state index contributed by atoms with van der Waals surface area (Å²) in [4.78, 5) is 18.6. The van der Waals surface area contributed by atoms with Crippen molar-refractivity contribution in [2.75, 3.05) is 57.9 Å². The minimum absolute atomic E-state index is 0.131. The molecule has 3 rings (SSSR count). The van der Waals surface area contributed by atoms with Crippen molar-refractivity contribution in [3.05, 3.63) is 24.0 Å². The largest absolute Gasteiger partial charge is 0.381 e. The fraction of sp³-hybridized carbons (Fsp3) is 0.647. The highest BCUT2D eigenvalue weighted by molar-refractivity contribution is 5.92. The van der Waals surface area contributed by atoms with Crippen LogP contribution in [0.3, 0.4) is 0 Å². The van der Waals surface area contributed by atoms with Crippen LogP contribution in [0.4, 0.5) is 5.69 Å². The standard InChI is InChI=1S/C17H26N4O3/c22-17(18-5-6-21-7-10-23-11-8-21)16-4-3-14(12-20-16)19-13-15-2-1-9-24-15/h3-4,12,15,19H,1-2,5-11,13H2,(H,18,22). The topological polar surface area (TPSA) is 75.7 Å². The number of carbonyl (C=O) groups is 1. The molecule has 0 radical (unpaired) electrons. The van der Waals surface area contributed by atoms with E-state index in [0.29, 0.717) is 12.2 Å². The first-order valence-corrected chi connectivity index (χ1v) is 8.71. The first-order valence-electron chi connectivity index (χ1n) is 8.71. The van der Waals surface area contributed by atoms with Crippen LogP contribution in [0.2, 0.25) is 0 Å². The molecule has 3 heterocycles. The minimum atomic E-state index is -0.131. The number of pyridine rings is 1. The molecular formula is C17H26N4O3. The van der Waals surface area contributed by atoms with E-state index in [0.717, 1.165) is 64.5 Å². The van der Waals surface area contributed by atoms with Crippen molar-refractivity contribution in [1.82, 2.24) is 15.2 Å². The lowest BCUT2D eigenvalue weighted by molar-refractivity contribution is 0.0383. The molecule has 0 aromatic carbocycles. The molecule has 0 aliphatic carbocycles. The second-order valence-electron chi connectivity index (χ2n) is 6.16. The van der Waals surface area contributed by atoms with Gasteiger partial charge in [0, 0.05) is 39.3 Å². The second-order valence-corrected chi connectivity index (χ2v) is 6.16. The van der Waals surface area contributed by atoms with Crippen molar-refractivity contribution in [1.29, 1.82) is 0 Å². The molecule has 0 saturated carbocycles. The van der Waals surface area contributed by atoms with Gasteiger partial charge >= 0.3 is 0 Å². The maximum Gasteiger partial charge on any atom is 0.269 e. The summed E-state index contributed by atoms with van der Waals surface area (Å²) in [5, 5.41) is 6.22.